The zero-order valence-electron chi connectivity index (χ0n) is 20.7. The van der Waals surface area contributed by atoms with Crippen LogP contribution in [-0.4, -0.2) is 46.2 Å². The minimum absolute atomic E-state index is 0.0108. The van der Waals surface area contributed by atoms with Crippen LogP contribution in [0.25, 0.3) is 0 Å². The first-order chi connectivity index (χ1) is 16.8. The number of unbranched alkanes of at least 4 members (excludes halogenated alkanes) is 1. The molecule has 6 heteroatoms. The summed E-state index contributed by atoms with van der Waals surface area (Å²) >= 11 is 0. The maximum atomic E-state index is 13.3. The minimum Gasteiger partial charge on any atom is -0.504 e. The first-order valence-corrected chi connectivity index (χ1v) is 13.1. The van der Waals surface area contributed by atoms with Crippen LogP contribution in [0.3, 0.4) is 0 Å². The number of aromatic hydroxyl groups is 1. The summed E-state index contributed by atoms with van der Waals surface area (Å²) in [5, 5.41) is 31.4. The second kappa shape index (κ2) is 11.1. The molecule has 2 fully saturated rings. The number of carbonyl (C=O) groups is 2. The second-order valence-corrected chi connectivity index (χ2v) is 10.7. The molecule has 0 aromatic heterocycles. The number of aryl methyl sites for hydroxylation is 1. The van der Waals surface area contributed by atoms with E-state index in [-0.39, 0.29) is 23.2 Å². The van der Waals surface area contributed by atoms with Gasteiger partial charge in [-0.25, -0.2) is 0 Å². The van der Waals surface area contributed by atoms with Crippen LogP contribution < -0.4 is 4.74 Å². The highest BCUT2D eigenvalue weighted by atomic mass is 16.5. The lowest BCUT2D eigenvalue weighted by molar-refractivity contribution is -0.134. The lowest BCUT2D eigenvalue weighted by Crippen LogP contribution is -2.46. The van der Waals surface area contributed by atoms with E-state index in [9.17, 15) is 24.9 Å². The van der Waals surface area contributed by atoms with Gasteiger partial charge in [-0.05, 0) is 73.6 Å². The van der Waals surface area contributed by atoms with Crippen molar-refractivity contribution in [1.82, 2.24) is 0 Å². The number of aliphatic hydroxyl groups is 2. The maximum Gasteiger partial charge on any atom is 0.160 e. The van der Waals surface area contributed by atoms with E-state index < -0.39 is 17.6 Å². The standard InChI is InChI=1S/C29H38O6/c1-35-26-17-22-9-11-27(33)29(13-4-7-21(22)16-25(26)32)14-12-19(15-28(29)34)5-2-3-6-20-8-10-23(30)18-24(20)31/h16-17,19-20,24,28,31-32,34H,2-3,5-12,14-15,18H2,1H3/t19-,20+,24+,28-,29+/m1/s1. The first kappa shape index (κ1) is 25.7. The summed E-state index contributed by atoms with van der Waals surface area (Å²) in [5.74, 6) is 7.58. The van der Waals surface area contributed by atoms with Gasteiger partial charge in [-0.1, -0.05) is 31.1 Å². The Kier molecular flexibility index (Phi) is 8.19. The van der Waals surface area contributed by atoms with Crippen LogP contribution >= 0.6 is 0 Å². The van der Waals surface area contributed by atoms with Crippen LogP contribution in [0.5, 0.6) is 11.5 Å². The van der Waals surface area contributed by atoms with Crippen LogP contribution in [0.2, 0.25) is 0 Å². The topological polar surface area (TPSA) is 104 Å². The Bertz CT molecular complexity index is 1000. The molecular formula is C29H38O6. The number of hydrogen-bond acceptors (Lipinski definition) is 6. The molecule has 3 N–H and O–H groups in total. The smallest absolute Gasteiger partial charge is 0.160 e. The number of fused-ring (bicyclic) bond motifs is 1. The summed E-state index contributed by atoms with van der Waals surface area (Å²) in [5.41, 5.74) is 0.856. The number of phenols is 1. The quantitative estimate of drug-likeness (QED) is 0.420. The highest BCUT2D eigenvalue weighted by Gasteiger charge is 2.47. The van der Waals surface area contributed by atoms with Gasteiger partial charge in [-0.3, -0.25) is 9.59 Å². The van der Waals surface area contributed by atoms with Gasteiger partial charge in [-0.15, -0.1) is 0 Å². The van der Waals surface area contributed by atoms with Gasteiger partial charge in [0.1, 0.15) is 11.2 Å². The molecule has 1 spiro atoms. The van der Waals surface area contributed by atoms with Crippen molar-refractivity contribution in [2.75, 3.05) is 7.11 Å². The lowest BCUT2D eigenvalue weighted by atomic mass is 9.65. The molecule has 35 heavy (non-hydrogen) atoms. The van der Waals surface area contributed by atoms with Gasteiger partial charge in [0.25, 0.3) is 0 Å². The number of carbonyl (C=O) groups excluding carboxylic acids is 2. The number of hydrogen-bond donors (Lipinski definition) is 3. The summed E-state index contributed by atoms with van der Waals surface area (Å²) in [6.45, 7) is 0. The molecule has 5 atom stereocenters. The van der Waals surface area contributed by atoms with E-state index in [0.29, 0.717) is 56.6 Å². The monoisotopic (exact) mass is 482 g/mol. The molecule has 0 radical (unpaired) electrons. The fourth-order valence-corrected chi connectivity index (χ4v) is 6.24. The Morgan fingerprint density at radius 2 is 1.86 bits per heavy atom. The van der Waals surface area contributed by atoms with Crippen molar-refractivity contribution in [3.05, 3.63) is 23.3 Å². The molecule has 4 rings (SSSR count). The normalized spacial score (nSPS) is 31.1. The molecule has 3 aliphatic carbocycles. The molecule has 2 saturated carbocycles. The third kappa shape index (κ3) is 5.73. The summed E-state index contributed by atoms with van der Waals surface area (Å²) < 4.78 is 5.23. The number of Topliss-reactive ketones (excluding diaryl/α,β-unsaturated/α-hetero) is 2. The molecule has 3 aliphatic rings. The number of ether oxygens (including phenoxy) is 1. The SMILES string of the molecule is COc1cc2c(cc1O)CC#C[C@]1(CC[C@@H](CCCC[C@H]3CCC(=O)C[C@@H]3O)C[C@H]1O)C(=O)CC2. The molecule has 1 aromatic carbocycles. The Labute approximate surface area is 208 Å². The molecule has 0 bridgehead atoms. The van der Waals surface area contributed by atoms with Crippen molar-refractivity contribution < 1.29 is 29.6 Å². The predicted octanol–water partition coefficient (Wildman–Crippen LogP) is 3.90. The van der Waals surface area contributed by atoms with Crippen LogP contribution in [0.4, 0.5) is 0 Å². The average molecular weight is 483 g/mol. The predicted molar refractivity (Wildman–Crippen MR) is 132 cm³/mol. The second-order valence-electron chi connectivity index (χ2n) is 10.7. The van der Waals surface area contributed by atoms with Gasteiger partial charge < -0.3 is 20.1 Å². The minimum atomic E-state index is -0.997. The molecule has 0 saturated heterocycles. The molecule has 6 nitrogen and oxygen atoms in total. The van der Waals surface area contributed by atoms with Crippen molar-refractivity contribution in [3.8, 4) is 23.3 Å². The Morgan fingerprint density at radius 3 is 2.60 bits per heavy atom. The maximum absolute atomic E-state index is 13.3. The van der Waals surface area contributed by atoms with E-state index in [4.69, 9.17) is 4.74 Å². The highest BCUT2D eigenvalue weighted by Crippen LogP contribution is 2.43. The lowest BCUT2D eigenvalue weighted by Gasteiger charge is -2.40. The zero-order valence-corrected chi connectivity index (χ0v) is 20.7. The van der Waals surface area contributed by atoms with E-state index in [2.05, 4.69) is 11.8 Å². The van der Waals surface area contributed by atoms with E-state index in [1.165, 1.54) is 7.11 Å². The number of ketones is 2. The molecular weight excluding hydrogens is 444 g/mol. The average Bonchev–Trinajstić information content (AvgIpc) is 2.89. The molecule has 0 unspecified atom stereocenters. The molecule has 0 heterocycles. The van der Waals surface area contributed by atoms with Crippen molar-refractivity contribution >= 4 is 11.6 Å². The van der Waals surface area contributed by atoms with Crippen molar-refractivity contribution in [2.45, 2.75) is 95.7 Å². The van der Waals surface area contributed by atoms with Crippen molar-refractivity contribution in [2.24, 2.45) is 17.3 Å². The summed E-state index contributed by atoms with van der Waals surface area (Å²) in [6.07, 6.45) is 7.73. The van der Waals surface area contributed by atoms with E-state index in [0.717, 1.165) is 49.7 Å². The van der Waals surface area contributed by atoms with Gasteiger partial charge >= 0.3 is 0 Å². The number of phenolic OH excluding ortho intramolecular Hbond substituents is 1. The number of aliphatic hydroxyl groups excluding tert-OH is 2. The number of methoxy groups -OCH3 is 1. The number of benzene rings is 1. The van der Waals surface area contributed by atoms with Gasteiger partial charge in [0, 0.05) is 25.7 Å². The highest BCUT2D eigenvalue weighted by molar-refractivity contribution is 5.89. The molecule has 1 aromatic rings. The Balaban J connectivity index is 1.32. The summed E-state index contributed by atoms with van der Waals surface area (Å²) in [6, 6.07) is 3.46. The van der Waals surface area contributed by atoms with Crippen molar-refractivity contribution in [3.63, 3.8) is 0 Å². The summed E-state index contributed by atoms with van der Waals surface area (Å²) in [7, 11) is 1.51. The van der Waals surface area contributed by atoms with Crippen LogP contribution in [-0.2, 0) is 22.4 Å². The van der Waals surface area contributed by atoms with E-state index in [1.54, 1.807) is 12.1 Å². The van der Waals surface area contributed by atoms with Gasteiger partial charge in [0.05, 0.1) is 19.3 Å². The molecule has 0 aliphatic heterocycles. The fraction of sp³-hybridized carbons (Fsp3) is 0.655. The molecule has 190 valence electrons. The van der Waals surface area contributed by atoms with Gasteiger partial charge in [-0.2, -0.15) is 0 Å². The first-order valence-electron chi connectivity index (χ1n) is 13.1. The van der Waals surface area contributed by atoms with Crippen LogP contribution in [0.15, 0.2) is 12.1 Å². The Hall–Kier alpha value is -2.36. The van der Waals surface area contributed by atoms with Crippen LogP contribution in [0, 0.1) is 29.1 Å². The van der Waals surface area contributed by atoms with Gasteiger partial charge in [0.2, 0.25) is 0 Å². The van der Waals surface area contributed by atoms with Crippen LogP contribution in [0.1, 0.15) is 81.8 Å². The third-order valence-corrected chi connectivity index (χ3v) is 8.49. The summed E-state index contributed by atoms with van der Waals surface area (Å²) in [4.78, 5) is 24.8. The zero-order chi connectivity index (χ0) is 25.0. The van der Waals surface area contributed by atoms with E-state index in [1.807, 2.05) is 0 Å². The fourth-order valence-electron chi connectivity index (χ4n) is 6.24. The third-order valence-electron chi connectivity index (χ3n) is 8.49. The largest absolute Gasteiger partial charge is 0.504 e. The molecule has 0 amide bonds. The number of rotatable bonds is 6. The van der Waals surface area contributed by atoms with Gasteiger partial charge in [0.15, 0.2) is 17.3 Å². The van der Waals surface area contributed by atoms with Crippen molar-refractivity contribution in [1.29, 1.82) is 0 Å². The Morgan fingerprint density at radius 1 is 1.06 bits per heavy atom. The van der Waals surface area contributed by atoms with E-state index >= 15 is 0 Å².